The van der Waals surface area contributed by atoms with E-state index in [1.54, 1.807) is 0 Å². The molecule has 0 bridgehead atoms. The molecular weight excluding hydrogens is 415 g/mol. The second-order valence-corrected chi connectivity index (χ2v) is 15.3. The quantitative estimate of drug-likeness (QED) is 0.339. The standard InChI is InChI=1S/C28H49O3P/c29-32-26-20-14-8-2-4-10-16-22(26)30-24-18-12-6-1-7-13-19-25(28(24)32)31-23-17-11-5-3-9-15-21-27(23)32/h22-28H,1-21H2. The highest BCUT2D eigenvalue weighted by atomic mass is 31.2. The summed E-state index contributed by atoms with van der Waals surface area (Å²) in [5.74, 6) is 0. The van der Waals surface area contributed by atoms with Crippen molar-refractivity contribution < 1.29 is 14.0 Å². The first kappa shape index (κ1) is 23.9. The molecule has 5 aliphatic rings. The molecule has 3 saturated carbocycles. The first-order valence-electron chi connectivity index (χ1n) is 14.7. The van der Waals surface area contributed by atoms with Gasteiger partial charge in [-0.1, -0.05) is 96.3 Å². The van der Waals surface area contributed by atoms with Crippen molar-refractivity contribution in [2.24, 2.45) is 0 Å². The van der Waals surface area contributed by atoms with Gasteiger partial charge in [-0.05, 0) is 38.5 Å². The zero-order valence-corrected chi connectivity index (χ0v) is 21.5. The lowest BCUT2D eigenvalue weighted by atomic mass is 9.94. The van der Waals surface area contributed by atoms with Gasteiger partial charge in [0.05, 0.1) is 30.1 Å². The lowest BCUT2D eigenvalue weighted by Crippen LogP contribution is -2.59. The van der Waals surface area contributed by atoms with E-state index in [2.05, 4.69) is 0 Å². The van der Waals surface area contributed by atoms with Crippen LogP contribution in [-0.2, 0) is 14.0 Å². The number of rotatable bonds is 0. The van der Waals surface area contributed by atoms with Crippen molar-refractivity contribution in [2.45, 2.75) is 176 Å². The molecule has 4 heteroatoms. The molecule has 3 nitrogen and oxygen atoms in total. The van der Waals surface area contributed by atoms with Gasteiger partial charge in [-0.2, -0.15) is 0 Å². The summed E-state index contributed by atoms with van der Waals surface area (Å²) in [6.45, 7) is 0. The van der Waals surface area contributed by atoms with Gasteiger partial charge >= 0.3 is 0 Å². The van der Waals surface area contributed by atoms with Gasteiger partial charge in [-0.15, -0.1) is 0 Å². The largest absolute Gasteiger partial charge is 0.373 e. The van der Waals surface area contributed by atoms with Gasteiger partial charge in [0.15, 0.2) is 0 Å². The first-order valence-corrected chi connectivity index (χ1v) is 16.6. The molecule has 6 atom stereocenters. The SMILES string of the molecule is O=P12C3CCCCCCCC3OC3CCCCCCCC(OC4CCCCCCCC41)C32. The Kier molecular flexibility index (Phi) is 8.40. The van der Waals surface area contributed by atoms with Gasteiger partial charge < -0.3 is 14.0 Å². The molecule has 0 spiro atoms. The van der Waals surface area contributed by atoms with Crippen LogP contribution in [0.15, 0.2) is 0 Å². The van der Waals surface area contributed by atoms with Gasteiger partial charge in [-0.25, -0.2) is 0 Å². The van der Waals surface area contributed by atoms with Crippen LogP contribution >= 0.6 is 7.14 Å². The normalized spacial score (nSPS) is 46.9. The van der Waals surface area contributed by atoms with Crippen LogP contribution in [0, 0.1) is 0 Å². The van der Waals surface area contributed by atoms with Crippen LogP contribution in [0.25, 0.3) is 0 Å². The van der Waals surface area contributed by atoms with Crippen LogP contribution in [0.3, 0.4) is 0 Å². The van der Waals surface area contributed by atoms with Crippen molar-refractivity contribution in [2.75, 3.05) is 0 Å². The summed E-state index contributed by atoms with van der Waals surface area (Å²) in [6.07, 6.45) is 27.3. The van der Waals surface area contributed by atoms with E-state index in [0.29, 0.717) is 11.3 Å². The van der Waals surface area contributed by atoms with Crippen molar-refractivity contribution in [3.05, 3.63) is 0 Å². The molecule has 0 aromatic carbocycles. The Hall–Kier alpha value is 0.150. The highest BCUT2D eigenvalue weighted by Crippen LogP contribution is 2.72. The van der Waals surface area contributed by atoms with Crippen LogP contribution in [0.5, 0.6) is 0 Å². The van der Waals surface area contributed by atoms with Crippen molar-refractivity contribution in [1.82, 2.24) is 0 Å². The lowest BCUT2D eigenvalue weighted by Gasteiger charge is -2.57. The fourth-order valence-corrected chi connectivity index (χ4v) is 13.7. The van der Waals surface area contributed by atoms with E-state index in [0.717, 1.165) is 38.5 Å². The minimum Gasteiger partial charge on any atom is -0.373 e. The second-order valence-electron chi connectivity index (χ2n) is 11.9. The Morgan fingerprint density at radius 1 is 0.406 bits per heavy atom. The minimum atomic E-state index is -2.42. The molecule has 0 aromatic heterocycles. The average molecular weight is 465 g/mol. The molecule has 0 aromatic rings. The predicted octanol–water partition coefficient (Wildman–Crippen LogP) is 8.22. The Labute approximate surface area is 197 Å². The van der Waals surface area contributed by atoms with Gasteiger partial charge in [0.25, 0.3) is 0 Å². The van der Waals surface area contributed by atoms with E-state index in [9.17, 15) is 0 Å². The third kappa shape index (κ3) is 4.92. The topological polar surface area (TPSA) is 35.5 Å². The molecule has 0 amide bonds. The third-order valence-electron chi connectivity index (χ3n) is 9.78. The molecule has 0 radical (unpaired) electrons. The monoisotopic (exact) mass is 464 g/mol. The molecular formula is C28H49O3P. The molecule has 2 aliphatic heterocycles. The zero-order valence-electron chi connectivity index (χ0n) is 20.6. The maximum atomic E-state index is 15.8. The molecule has 184 valence electrons. The van der Waals surface area contributed by atoms with Crippen LogP contribution in [-0.4, -0.2) is 41.4 Å². The summed E-state index contributed by atoms with van der Waals surface area (Å²) in [7, 11) is -2.42. The van der Waals surface area contributed by atoms with E-state index in [1.807, 2.05) is 0 Å². The molecule has 32 heavy (non-hydrogen) atoms. The van der Waals surface area contributed by atoms with Gasteiger partial charge in [0.1, 0.15) is 7.14 Å². The third-order valence-corrected chi connectivity index (χ3v) is 14.6. The van der Waals surface area contributed by atoms with E-state index in [4.69, 9.17) is 9.47 Å². The molecule has 3 aliphatic carbocycles. The van der Waals surface area contributed by atoms with Crippen LogP contribution < -0.4 is 0 Å². The summed E-state index contributed by atoms with van der Waals surface area (Å²) in [5, 5.41) is 0. The maximum absolute atomic E-state index is 15.8. The Morgan fingerprint density at radius 2 is 0.719 bits per heavy atom. The highest BCUT2D eigenvalue weighted by Gasteiger charge is 2.62. The fourth-order valence-electron chi connectivity index (χ4n) is 8.21. The van der Waals surface area contributed by atoms with Gasteiger partial charge in [0.2, 0.25) is 0 Å². The lowest BCUT2D eigenvalue weighted by molar-refractivity contribution is -0.104. The van der Waals surface area contributed by atoms with Crippen LogP contribution in [0.4, 0.5) is 0 Å². The Bertz CT molecular complexity index is 588. The summed E-state index contributed by atoms with van der Waals surface area (Å²) in [6, 6.07) is 0. The smallest absolute Gasteiger partial charge is 0.107 e. The predicted molar refractivity (Wildman–Crippen MR) is 133 cm³/mol. The molecule has 2 saturated heterocycles. The Morgan fingerprint density at radius 3 is 1.12 bits per heavy atom. The molecule has 5 rings (SSSR count). The number of hydrogen-bond donors (Lipinski definition) is 0. The van der Waals surface area contributed by atoms with E-state index in [-0.39, 0.29) is 30.1 Å². The summed E-state index contributed by atoms with van der Waals surface area (Å²) in [4.78, 5) is 0. The summed E-state index contributed by atoms with van der Waals surface area (Å²) in [5.41, 5.74) is 0.846. The molecule has 6 unspecified atom stereocenters. The molecule has 2 heterocycles. The minimum absolute atomic E-state index is 0.194. The average Bonchev–Trinajstić information content (AvgIpc) is 2.99. The van der Waals surface area contributed by atoms with Gasteiger partial charge in [0, 0.05) is 11.3 Å². The summed E-state index contributed by atoms with van der Waals surface area (Å²) >= 11 is 0. The van der Waals surface area contributed by atoms with Crippen molar-refractivity contribution in [1.29, 1.82) is 0 Å². The fraction of sp³-hybridized carbons (Fsp3) is 1.00. The first-order chi connectivity index (χ1) is 15.8. The van der Waals surface area contributed by atoms with E-state index < -0.39 is 7.14 Å². The van der Waals surface area contributed by atoms with Crippen molar-refractivity contribution in [3.8, 4) is 0 Å². The molecule has 0 N–H and O–H groups in total. The number of fused-ring (bicyclic) bond motifs is 4. The van der Waals surface area contributed by atoms with Crippen molar-refractivity contribution in [3.63, 3.8) is 0 Å². The van der Waals surface area contributed by atoms with E-state index in [1.165, 1.54) is 96.3 Å². The maximum Gasteiger partial charge on any atom is 0.107 e. The number of hydrogen-bond acceptors (Lipinski definition) is 3. The summed E-state index contributed by atoms with van der Waals surface area (Å²) < 4.78 is 29.9. The second kappa shape index (κ2) is 11.3. The van der Waals surface area contributed by atoms with Crippen LogP contribution in [0.1, 0.15) is 135 Å². The van der Waals surface area contributed by atoms with Crippen molar-refractivity contribution >= 4 is 7.14 Å². The number of ether oxygens (including phenoxy) is 2. The highest BCUT2D eigenvalue weighted by molar-refractivity contribution is 7.66. The van der Waals surface area contributed by atoms with E-state index >= 15 is 4.57 Å². The Balaban J connectivity index is 1.54. The molecule has 5 fully saturated rings. The van der Waals surface area contributed by atoms with Gasteiger partial charge in [-0.3, -0.25) is 0 Å². The van der Waals surface area contributed by atoms with Crippen LogP contribution in [0.2, 0.25) is 0 Å². The zero-order chi connectivity index (χ0) is 21.8.